The Balaban J connectivity index is 1.38. The number of carbonyl (C=O) groups excluding carboxylic acids is 3. The molecule has 2 aliphatic carbocycles. The smallest absolute Gasteiger partial charge is 0.309 e. The van der Waals surface area contributed by atoms with Gasteiger partial charge in [0.05, 0.1) is 11.6 Å². The van der Waals surface area contributed by atoms with Crippen LogP contribution in [0.2, 0.25) is 0 Å². The van der Waals surface area contributed by atoms with Gasteiger partial charge in [-0.3, -0.25) is 14.4 Å². The van der Waals surface area contributed by atoms with Crippen LogP contribution in [0.4, 0.5) is 5.69 Å². The summed E-state index contributed by atoms with van der Waals surface area (Å²) in [5.41, 5.74) is 0.899. The molecule has 1 aliphatic heterocycles. The molecule has 3 unspecified atom stereocenters. The average Bonchev–Trinajstić information content (AvgIpc) is 2.84. The Morgan fingerprint density at radius 2 is 1.86 bits per heavy atom. The first-order valence-corrected chi connectivity index (χ1v) is 11.2. The molecule has 0 spiro atoms. The van der Waals surface area contributed by atoms with E-state index in [9.17, 15) is 14.4 Å². The number of fused-ring (bicyclic) bond motifs is 3. The summed E-state index contributed by atoms with van der Waals surface area (Å²) in [4.78, 5) is 40.5. The number of Topliss-reactive ketones (excluding diaryl/α,β-unsaturated/α-hetero) is 1. The molecule has 150 valence electrons. The summed E-state index contributed by atoms with van der Waals surface area (Å²) >= 11 is 1.78. The first kappa shape index (κ1) is 19.5. The summed E-state index contributed by atoms with van der Waals surface area (Å²) in [6.45, 7) is 2.56. The molecule has 0 saturated heterocycles. The Hall–Kier alpha value is -1.82. The molecule has 0 N–H and O–H groups in total. The number of rotatable bonds is 3. The lowest BCUT2D eigenvalue weighted by atomic mass is 9.67. The van der Waals surface area contributed by atoms with Crippen LogP contribution >= 0.6 is 11.8 Å². The molecule has 1 aromatic rings. The van der Waals surface area contributed by atoms with Gasteiger partial charge in [0, 0.05) is 28.5 Å². The van der Waals surface area contributed by atoms with Gasteiger partial charge in [0.1, 0.15) is 5.78 Å². The standard InChI is InChI=1S/C22H27NO4S/c1-14-9-10-23(18-7-2-3-8-19(18)28-14)20(24)13-27-22(26)17-11-15-5-4-6-16(12-17)21(15)25/h2-3,7-8,14-17H,4-6,9-13H2,1H3. The van der Waals surface area contributed by atoms with Gasteiger partial charge in [-0.15, -0.1) is 11.8 Å². The van der Waals surface area contributed by atoms with E-state index in [0.29, 0.717) is 30.4 Å². The second-order valence-electron chi connectivity index (χ2n) is 8.23. The number of anilines is 1. The van der Waals surface area contributed by atoms with E-state index in [2.05, 4.69) is 6.92 Å². The number of nitrogens with zero attached hydrogens (tertiary/aromatic N) is 1. The first-order chi connectivity index (χ1) is 13.5. The minimum Gasteiger partial charge on any atom is -0.455 e. The van der Waals surface area contributed by atoms with Crippen molar-refractivity contribution in [3.05, 3.63) is 24.3 Å². The van der Waals surface area contributed by atoms with E-state index in [4.69, 9.17) is 4.74 Å². The Morgan fingerprint density at radius 1 is 1.14 bits per heavy atom. The Morgan fingerprint density at radius 3 is 2.61 bits per heavy atom. The van der Waals surface area contributed by atoms with Crippen LogP contribution in [0.5, 0.6) is 0 Å². The van der Waals surface area contributed by atoms with E-state index in [1.807, 2.05) is 24.3 Å². The summed E-state index contributed by atoms with van der Waals surface area (Å²) in [5.74, 6) is -0.383. The van der Waals surface area contributed by atoms with E-state index in [0.717, 1.165) is 36.3 Å². The minimum atomic E-state index is -0.316. The highest BCUT2D eigenvalue weighted by molar-refractivity contribution is 8.00. The van der Waals surface area contributed by atoms with Crippen molar-refractivity contribution < 1.29 is 19.1 Å². The quantitative estimate of drug-likeness (QED) is 0.720. The van der Waals surface area contributed by atoms with Crippen LogP contribution in [0.15, 0.2) is 29.2 Å². The maximum absolute atomic E-state index is 12.8. The van der Waals surface area contributed by atoms with Gasteiger partial charge >= 0.3 is 5.97 Å². The zero-order chi connectivity index (χ0) is 19.7. The van der Waals surface area contributed by atoms with Gasteiger partial charge in [0.2, 0.25) is 0 Å². The molecule has 28 heavy (non-hydrogen) atoms. The fraction of sp³-hybridized carbons (Fsp3) is 0.591. The van der Waals surface area contributed by atoms with Crippen LogP contribution in [0.25, 0.3) is 0 Å². The molecule has 2 bridgehead atoms. The van der Waals surface area contributed by atoms with E-state index < -0.39 is 0 Å². The fourth-order valence-electron chi connectivity index (χ4n) is 4.75. The van der Waals surface area contributed by atoms with E-state index >= 15 is 0 Å². The summed E-state index contributed by atoms with van der Waals surface area (Å²) in [5, 5.41) is 0.431. The van der Waals surface area contributed by atoms with Crippen molar-refractivity contribution in [1.82, 2.24) is 0 Å². The van der Waals surface area contributed by atoms with Crippen LogP contribution in [-0.4, -0.2) is 36.1 Å². The van der Waals surface area contributed by atoms with Crippen LogP contribution < -0.4 is 4.90 Å². The molecule has 2 fully saturated rings. The predicted molar refractivity (Wildman–Crippen MR) is 108 cm³/mol. The highest BCUT2D eigenvalue weighted by Gasteiger charge is 2.42. The minimum absolute atomic E-state index is 0.0109. The lowest BCUT2D eigenvalue weighted by Crippen LogP contribution is -2.41. The number of thioether (sulfide) groups is 1. The fourth-order valence-corrected chi connectivity index (χ4v) is 5.86. The third-order valence-corrected chi connectivity index (χ3v) is 7.50. The van der Waals surface area contributed by atoms with E-state index in [-0.39, 0.29) is 36.2 Å². The van der Waals surface area contributed by atoms with Crippen LogP contribution in [0.1, 0.15) is 45.4 Å². The van der Waals surface area contributed by atoms with Gasteiger partial charge in [-0.25, -0.2) is 0 Å². The Bertz CT molecular complexity index is 764. The van der Waals surface area contributed by atoms with E-state index in [1.54, 1.807) is 16.7 Å². The molecular weight excluding hydrogens is 374 g/mol. The Kier molecular flexibility index (Phi) is 5.76. The predicted octanol–water partition coefficient (Wildman–Crippen LogP) is 3.84. The molecule has 5 nitrogen and oxygen atoms in total. The average molecular weight is 402 g/mol. The molecule has 4 rings (SSSR count). The zero-order valence-electron chi connectivity index (χ0n) is 16.3. The van der Waals surface area contributed by atoms with Crippen LogP contribution in [0, 0.1) is 17.8 Å². The van der Waals surface area contributed by atoms with Crippen molar-refractivity contribution in [2.24, 2.45) is 17.8 Å². The molecule has 2 saturated carbocycles. The van der Waals surface area contributed by atoms with Crippen molar-refractivity contribution in [2.75, 3.05) is 18.1 Å². The molecule has 1 amide bonds. The van der Waals surface area contributed by atoms with Crippen LogP contribution in [0.3, 0.4) is 0 Å². The van der Waals surface area contributed by atoms with Gasteiger partial charge in [-0.2, -0.15) is 0 Å². The monoisotopic (exact) mass is 401 g/mol. The van der Waals surface area contributed by atoms with Gasteiger partial charge in [-0.05, 0) is 44.2 Å². The first-order valence-electron chi connectivity index (χ1n) is 10.3. The molecule has 6 heteroatoms. The van der Waals surface area contributed by atoms with Crippen molar-refractivity contribution >= 4 is 35.1 Å². The van der Waals surface area contributed by atoms with Gasteiger partial charge in [0.15, 0.2) is 6.61 Å². The second kappa shape index (κ2) is 8.27. The number of ketones is 1. The lowest BCUT2D eigenvalue weighted by Gasteiger charge is -2.36. The molecular formula is C22H27NO4S. The summed E-state index contributed by atoms with van der Waals surface area (Å²) in [6.07, 6.45) is 4.92. The van der Waals surface area contributed by atoms with Gasteiger partial charge in [-0.1, -0.05) is 25.5 Å². The largest absolute Gasteiger partial charge is 0.455 e. The highest BCUT2D eigenvalue weighted by atomic mass is 32.2. The SMILES string of the molecule is CC1CCN(C(=O)COC(=O)C2CC3CCCC(C2)C3=O)c2ccccc2S1. The number of hydrogen-bond acceptors (Lipinski definition) is 5. The van der Waals surface area contributed by atoms with Crippen molar-refractivity contribution in [3.8, 4) is 0 Å². The van der Waals surface area contributed by atoms with E-state index in [1.165, 1.54) is 0 Å². The molecule has 0 radical (unpaired) electrons. The second-order valence-corrected chi connectivity index (χ2v) is 9.71. The molecule has 3 aliphatic rings. The number of para-hydroxylation sites is 1. The topological polar surface area (TPSA) is 63.7 Å². The molecule has 1 aromatic carbocycles. The third kappa shape index (κ3) is 3.97. The normalized spacial score (nSPS) is 29.6. The molecule has 0 aromatic heterocycles. The summed E-state index contributed by atoms with van der Waals surface area (Å²) in [6, 6.07) is 7.90. The number of ether oxygens (including phenoxy) is 1. The van der Waals surface area contributed by atoms with Gasteiger partial charge < -0.3 is 9.64 Å². The Labute approximate surface area is 170 Å². The maximum Gasteiger partial charge on any atom is 0.309 e. The van der Waals surface area contributed by atoms with Crippen molar-refractivity contribution in [3.63, 3.8) is 0 Å². The number of benzene rings is 1. The number of hydrogen-bond donors (Lipinski definition) is 0. The van der Waals surface area contributed by atoms with Crippen molar-refractivity contribution in [2.45, 2.75) is 55.6 Å². The molecule has 3 atom stereocenters. The maximum atomic E-state index is 12.8. The summed E-state index contributed by atoms with van der Waals surface area (Å²) < 4.78 is 5.43. The highest BCUT2D eigenvalue weighted by Crippen LogP contribution is 2.41. The van der Waals surface area contributed by atoms with Crippen LogP contribution in [-0.2, 0) is 19.1 Å². The molecule has 1 heterocycles. The number of esters is 1. The third-order valence-electron chi connectivity index (χ3n) is 6.26. The van der Waals surface area contributed by atoms with Gasteiger partial charge in [0.25, 0.3) is 5.91 Å². The lowest BCUT2D eigenvalue weighted by molar-refractivity contribution is -0.156. The number of carbonyl (C=O) groups is 3. The zero-order valence-corrected chi connectivity index (χ0v) is 17.1. The van der Waals surface area contributed by atoms with Crippen molar-refractivity contribution in [1.29, 1.82) is 0 Å². The summed E-state index contributed by atoms with van der Waals surface area (Å²) in [7, 11) is 0. The number of amides is 1.